The number of aliphatic carboxylic acids is 1. The fourth-order valence-corrected chi connectivity index (χ4v) is 6.14. The van der Waals surface area contributed by atoms with Crippen LogP contribution < -0.4 is 0 Å². The van der Waals surface area contributed by atoms with Crippen molar-refractivity contribution < 1.29 is 24.5 Å². The molecule has 3 fully saturated rings. The Kier molecular flexibility index (Phi) is 4.34. The molecule has 3 saturated carbocycles. The van der Waals surface area contributed by atoms with Crippen LogP contribution in [0.5, 0.6) is 0 Å². The summed E-state index contributed by atoms with van der Waals surface area (Å²) >= 11 is 0. The average Bonchev–Trinajstić information content (AvgIpc) is 2.85. The Labute approximate surface area is 148 Å². The molecule has 2 N–H and O–H groups in total. The maximum Gasteiger partial charge on any atom is 0.307 e. The van der Waals surface area contributed by atoms with Gasteiger partial charge in [0.25, 0.3) is 0 Å². The molecule has 0 aromatic carbocycles. The van der Waals surface area contributed by atoms with Crippen molar-refractivity contribution in [3.05, 3.63) is 24.3 Å². The lowest BCUT2D eigenvalue weighted by atomic mass is 9.63. The van der Waals surface area contributed by atoms with Crippen molar-refractivity contribution >= 4 is 11.9 Å². The normalized spacial score (nSPS) is 43.9. The van der Waals surface area contributed by atoms with Crippen LogP contribution in [0.15, 0.2) is 24.3 Å². The quantitative estimate of drug-likeness (QED) is 0.603. The monoisotopic (exact) mass is 348 g/mol. The highest BCUT2D eigenvalue weighted by Crippen LogP contribution is 2.71. The number of ether oxygens (including phenoxy) is 1. The maximum atomic E-state index is 12.2. The van der Waals surface area contributed by atoms with Gasteiger partial charge in [0.2, 0.25) is 0 Å². The van der Waals surface area contributed by atoms with Crippen molar-refractivity contribution in [2.75, 3.05) is 0 Å². The summed E-state index contributed by atoms with van der Waals surface area (Å²) in [5.41, 5.74) is -0.260. The second-order valence-corrected chi connectivity index (χ2v) is 8.25. The van der Waals surface area contributed by atoms with Gasteiger partial charge in [-0.05, 0) is 50.0 Å². The number of hydrogen-bond acceptors (Lipinski definition) is 4. The van der Waals surface area contributed by atoms with Gasteiger partial charge in [-0.1, -0.05) is 25.2 Å². The van der Waals surface area contributed by atoms with Crippen LogP contribution in [-0.2, 0) is 14.3 Å². The summed E-state index contributed by atoms with van der Waals surface area (Å²) in [6, 6.07) is 0. The van der Waals surface area contributed by atoms with Crippen molar-refractivity contribution in [1.82, 2.24) is 0 Å². The minimum absolute atomic E-state index is 0.0644. The van der Waals surface area contributed by atoms with E-state index in [0.29, 0.717) is 12.3 Å². The minimum atomic E-state index is -0.985. The number of allylic oxidation sites excluding steroid dienone is 1. The van der Waals surface area contributed by atoms with Gasteiger partial charge in [-0.3, -0.25) is 9.59 Å². The summed E-state index contributed by atoms with van der Waals surface area (Å²) in [6.07, 6.45) is 5.96. The number of carbonyl (C=O) groups is 2. The molecule has 0 amide bonds. The zero-order chi connectivity index (χ0) is 18.6. The van der Waals surface area contributed by atoms with Gasteiger partial charge in [-0.15, -0.1) is 0 Å². The first kappa shape index (κ1) is 18.2. The molecule has 0 heterocycles. The number of rotatable bonds is 4. The van der Waals surface area contributed by atoms with Crippen LogP contribution >= 0.6 is 0 Å². The van der Waals surface area contributed by atoms with Gasteiger partial charge in [0.1, 0.15) is 5.60 Å². The lowest BCUT2D eigenvalue weighted by Gasteiger charge is -2.43. The highest BCUT2D eigenvalue weighted by atomic mass is 16.6. The number of aliphatic hydroxyl groups is 1. The summed E-state index contributed by atoms with van der Waals surface area (Å²) in [4.78, 5) is 24.2. The highest BCUT2D eigenvalue weighted by molar-refractivity contribution is 5.74. The Morgan fingerprint density at radius 2 is 2.08 bits per heavy atom. The van der Waals surface area contributed by atoms with Gasteiger partial charge in [-0.2, -0.15) is 0 Å². The third-order valence-electron chi connectivity index (χ3n) is 6.86. The fraction of sp³-hybridized carbons (Fsp3) is 0.700. The molecule has 7 atom stereocenters. The Balaban J connectivity index is 2.16. The van der Waals surface area contributed by atoms with Crippen LogP contribution in [0.25, 0.3) is 0 Å². The van der Waals surface area contributed by atoms with E-state index in [0.717, 1.165) is 24.8 Å². The summed E-state index contributed by atoms with van der Waals surface area (Å²) in [6.45, 7) is 9.07. The van der Waals surface area contributed by atoms with Crippen molar-refractivity contribution in [2.24, 2.45) is 29.1 Å². The number of carboxylic acid groups (broad SMARTS) is 1. The van der Waals surface area contributed by atoms with E-state index in [1.807, 2.05) is 6.92 Å². The fourth-order valence-electron chi connectivity index (χ4n) is 6.14. The molecule has 25 heavy (non-hydrogen) atoms. The number of fused-ring (bicyclic) bond motifs is 1. The molecule has 3 aliphatic rings. The summed E-state index contributed by atoms with van der Waals surface area (Å²) in [5.74, 6) is -1.88. The van der Waals surface area contributed by atoms with Gasteiger partial charge < -0.3 is 14.9 Å². The number of esters is 1. The van der Waals surface area contributed by atoms with Gasteiger partial charge in [0.05, 0.1) is 12.0 Å². The van der Waals surface area contributed by atoms with Gasteiger partial charge in [-0.25, -0.2) is 0 Å². The molecule has 0 radical (unpaired) electrons. The molecule has 0 saturated heterocycles. The van der Waals surface area contributed by atoms with E-state index in [1.54, 1.807) is 19.1 Å². The largest absolute Gasteiger partial charge is 0.481 e. The molecule has 138 valence electrons. The van der Waals surface area contributed by atoms with Crippen LogP contribution in [0, 0.1) is 29.1 Å². The van der Waals surface area contributed by atoms with Crippen molar-refractivity contribution in [3.8, 4) is 0 Å². The molecule has 0 aromatic rings. The summed E-state index contributed by atoms with van der Waals surface area (Å²) < 4.78 is 5.86. The van der Waals surface area contributed by atoms with Gasteiger partial charge in [0, 0.05) is 18.8 Å². The SMILES string of the molecule is C=C1CC23CC1CCC2C(/C=C\C(C)O)(OC(C)=O)C(C)C3C(=O)O. The molecular formula is C20H28O5. The third-order valence-corrected chi connectivity index (χ3v) is 6.86. The zero-order valence-corrected chi connectivity index (χ0v) is 15.2. The van der Waals surface area contributed by atoms with E-state index in [1.165, 1.54) is 6.92 Å². The molecular weight excluding hydrogens is 320 g/mol. The summed E-state index contributed by atoms with van der Waals surface area (Å²) in [5, 5.41) is 19.8. The lowest BCUT2D eigenvalue weighted by molar-refractivity contribution is -0.162. The molecule has 7 unspecified atom stereocenters. The van der Waals surface area contributed by atoms with E-state index in [-0.39, 0.29) is 11.8 Å². The lowest BCUT2D eigenvalue weighted by Crippen LogP contribution is -2.45. The smallest absolute Gasteiger partial charge is 0.307 e. The second-order valence-electron chi connectivity index (χ2n) is 8.25. The van der Waals surface area contributed by atoms with E-state index in [4.69, 9.17) is 4.74 Å². The predicted molar refractivity (Wildman–Crippen MR) is 92.6 cm³/mol. The Morgan fingerprint density at radius 3 is 2.64 bits per heavy atom. The Hall–Kier alpha value is -1.62. The third kappa shape index (κ3) is 2.55. The van der Waals surface area contributed by atoms with Crippen LogP contribution in [0.4, 0.5) is 0 Å². The van der Waals surface area contributed by atoms with Crippen LogP contribution in [-0.4, -0.2) is 33.9 Å². The molecule has 5 nitrogen and oxygen atoms in total. The van der Waals surface area contributed by atoms with E-state index >= 15 is 0 Å². The molecule has 5 heteroatoms. The number of hydrogen-bond donors (Lipinski definition) is 2. The zero-order valence-electron chi connectivity index (χ0n) is 15.2. The second kappa shape index (κ2) is 5.97. The maximum absolute atomic E-state index is 12.2. The molecule has 0 aromatic heterocycles. The van der Waals surface area contributed by atoms with Gasteiger partial charge in [0.15, 0.2) is 0 Å². The molecule has 1 spiro atoms. The summed E-state index contributed by atoms with van der Waals surface area (Å²) in [7, 11) is 0. The average molecular weight is 348 g/mol. The highest BCUT2D eigenvalue weighted by Gasteiger charge is 2.72. The first-order valence-corrected chi connectivity index (χ1v) is 9.11. The van der Waals surface area contributed by atoms with E-state index in [2.05, 4.69) is 6.58 Å². The molecule has 0 aliphatic heterocycles. The molecule has 3 aliphatic carbocycles. The predicted octanol–water partition coefficient (Wildman–Crippen LogP) is 2.94. The number of aliphatic hydroxyl groups excluding tert-OH is 1. The van der Waals surface area contributed by atoms with Gasteiger partial charge >= 0.3 is 11.9 Å². The molecule has 2 bridgehead atoms. The standard InChI is InChI=1S/C20H28O5/c1-11-9-19-10-15(11)5-6-16(19)20(25-14(4)22,8-7-12(2)21)13(3)17(19)18(23)24/h7-8,12-13,15-17,21H,1,5-6,9-10H2,2-4H3,(H,23,24)/b8-7-. The first-order chi connectivity index (χ1) is 11.6. The Bertz CT molecular complexity index is 636. The van der Waals surface area contributed by atoms with E-state index in [9.17, 15) is 19.8 Å². The molecule has 3 rings (SSSR count). The van der Waals surface area contributed by atoms with Crippen LogP contribution in [0.3, 0.4) is 0 Å². The van der Waals surface area contributed by atoms with Crippen molar-refractivity contribution in [3.63, 3.8) is 0 Å². The number of carbonyl (C=O) groups excluding carboxylic acids is 1. The van der Waals surface area contributed by atoms with Crippen LogP contribution in [0.1, 0.15) is 46.5 Å². The topological polar surface area (TPSA) is 83.8 Å². The van der Waals surface area contributed by atoms with Crippen LogP contribution in [0.2, 0.25) is 0 Å². The van der Waals surface area contributed by atoms with Crippen molar-refractivity contribution in [1.29, 1.82) is 0 Å². The first-order valence-electron chi connectivity index (χ1n) is 9.11. The van der Waals surface area contributed by atoms with E-state index < -0.39 is 35.0 Å². The number of carboxylic acids is 1. The minimum Gasteiger partial charge on any atom is -0.481 e. The van der Waals surface area contributed by atoms with Crippen molar-refractivity contribution in [2.45, 2.75) is 58.2 Å². The Morgan fingerprint density at radius 1 is 1.40 bits per heavy atom.